The standard InChI is InChI=1S/C18H25ClN2O2/c19-15-6-2-1-5-14(15)18(8-10-23-11-9-18)12-21-17(22)13-4-3-7-16(13)20/h1-2,5-6,13,16H,3-4,7-12,20H2,(H,21,22). The molecule has 1 saturated carbocycles. The van der Waals surface area contributed by atoms with Crippen molar-refractivity contribution in [3.05, 3.63) is 34.9 Å². The summed E-state index contributed by atoms with van der Waals surface area (Å²) in [6.45, 7) is 2.00. The van der Waals surface area contributed by atoms with E-state index in [4.69, 9.17) is 22.1 Å². The van der Waals surface area contributed by atoms with Crippen LogP contribution in [0.5, 0.6) is 0 Å². The molecule has 2 fully saturated rings. The van der Waals surface area contributed by atoms with Gasteiger partial charge in [0.2, 0.25) is 5.91 Å². The molecule has 2 unspecified atom stereocenters. The number of nitrogens with one attached hydrogen (secondary N) is 1. The lowest BCUT2D eigenvalue weighted by molar-refractivity contribution is -0.125. The van der Waals surface area contributed by atoms with Gasteiger partial charge in [-0.25, -0.2) is 0 Å². The second-order valence-electron chi connectivity index (χ2n) is 6.79. The van der Waals surface area contributed by atoms with Crippen LogP contribution in [0.4, 0.5) is 0 Å². The van der Waals surface area contributed by atoms with Crippen molar-refractivity contribution in [1.29, 1.82) is 0 Å². The molecular weight excluding hydrogens is 312 g/mol. The van der Waals surface area contributed by atoms with Crippen LogP contribution in [0.25, 0.3) is 0 Å². The summed E-state index contributed by atoms with van der Waals surface area (Å²) < 4.78 is 5.53. The van der Waals surface area contributed by atoms with Gasteiger partial charge in [0.15, 0.2) is 0 Å². The zero-order valence-electron chi connectivity index (χ0n) is 13.4. The Labute approximate surface area is 142 Å². The summed E-state index contributed by atoms with van der Waals surface area (Å²) >= 11 is 6.44. The lowest BCUT2D eigenvalue weighted by Gasteiger charge is -2.38. The fraction of sp³-hybridized carbons (Fsp3) is 0.611. The Morgan fingerprint density at radius 1 is 1.30 bits per heavy atom. The van der Waals surface area contributed by atoms with Crippen molar-refractivity contribution in [1.82, 2.24) is 5.32 Å². The Bertz CT molecular complexity index is 558. The van der Waals surface area contributed by atoms with E-state index >= 15 is 0 Å². The summed E-state index contributed by atoms with van der Waals surface area (Å²) in [6, 6.07) is 7.94. The Hall–Kier alpha value is -1.10. The summed E-state index contributed by atoms with van der Waals surface area (Å²) in [6.07, 6.45) is 4.63. The van der Waals surface area contributed by atoms with Crippen molar-refractivity contribution in [3.63, 3.8) is 0 Å². The molecule has 2 atom stereocenters. The summed E-state index contributed by atoms with van der Waals surface area (Å²) in [5.74, 6) is 0.0473. The molecule has 0 spiro atoms. The number of ether oxygens (including phenoxy) is 1. The largest absolute Gasteiger partial charge is 0.381 e. The fourth-order valence-corrected chi connectivity index (χ4v) is 4.23. The second kappa shape index (κ2) is 7.20. The zero-order chi connectivity index (χ0) is 16.3. The van der Waals surface area contributed by atoms with E-state index in [1.807, 2.05) is 18.2 Å². The molecule has 1 aromatic carbocycles. The number of carbonyl (C=O) groups excluding carboxylic acids is 1. The minimum absolute atomic E-state index is 0.000882. The van der Waals surface area contributed by atoms with Gasteiger partial charge in [-0.1, -0.05) is 36.2 Å². The molecule has 3 N–H and O–H groups in total. The molecule has 1 saturated heterocycles. The van der Waals surface area contributed by atoms with Gasteiger partial charge in [-0.15, -0.1) is 0 Å². The molecule has 4 nitrogen and oxygen atoms in total. The molecule has 1 aliphatic heterocycles. The van der Waals surface area contributed by atoms with Crippen molar-refractivity contribution >= 4 is 17.5 Å². The first-order valence-electron chi connectivity index (χ1n) is 8.48. The Morgan fingerprint density at radius 3 is 2.70 bits per heavy atom. The topological polar surface area (TPSA) is 64.4 Å². The first-order chi connectivity index (χ1) is 11.1. The van der Waals surface area contributed by atoms with Crippen LogP contribution in [0, 0.1) is 5.92 Å². The molecule has 0 radical (unpaired) electrons. The molecule has 5 heteroatoms. The van der Waals surface area contributed by atoms with Crippen LogP contribution in [0.2, 0.25) is 5.02 Å². The Morgan fingerprint density at radius 2 is 2.04 bits per heavy atom. The van der Waals surface area contributed by atoms with Crippen LogP contribution in [-0.4, -0.2) is 31.7 Å². The number of hydrogen-bond acceptors (Lipinski definition) is 3. The highest BCUT2D eigenvalue weighted by Crippen LogP contribution is 2.38. The molecule has 23 heavy (non-hydrogen) atoms. The first kappa shape index (κ1) is 16.7. The number of halogens is 1. The monoisotopic (exact) mass is 336 g/mol. The smallest absolute Gasteiger partial charge is 0.224 e. The second-order valence-corrected chi connectivity index (χ2v) is 7.20. The molecule has 0 bridgehead atoms. The van der Waals surface area contributed by atoms with Gasteiger partial charge in [0.05, 0.1) is 5.92 Å². The average Bonchev–Trinajstić information content (AvgIpc) is 3.00. The minimum Gasteiger partial charge on any atom is -0.381 e. The van der Waals surface area contributed by atoms with E-state index < -0.39 is 0 Å². The van der Waals surface area contributed by atoms with Crippen LogP contribution in [0.15, 0.2) is 24.3 Å². The number of nitrogens with two attached hydrogens (primary N) is 1. The highest BCUT2D eigenvalue weighted by Gasteiger charge is 2.38. The SMILES string of the molecule is NC1CCCC1C(=O)NCC1(c2ccccc2Cl)CCOCC1. The van der Waals surface area contributed by atoms with Gasteiger partial charge in [-0.2, -0.15) is 0 Å². The average molecular weight is 337 g/mol. The maximum atomic E-state index is 12.5. The van der Waals surface area contributed by atoms with E-state index in [-0.39, 0.29) is 23.3 Å². The molecule has 0 aromatic heterocycles. The third-order valence-corrected chi connectivity index (χ3v) is 5.73. The minimum atomic E-state index is -0.144. The Kier molecular flexibility index (Phi) is 5.24. The Balaban J connectivity index is 1.75. The fourth-order valence-electron chi connectivity index (χ4n) is 3.90. The summed E-state index contributed by atoms with van der Waals surface area (Å²) in [7, 11) is 0. The number of carbonyl (C=O) groups is 1. The highest BCUT2D eigenvalue weighted by atomic mass is 35.5. The molecule has 1 heterocycles. The van der Waals surface area contributed by atoms with Crippen LogP contribution in [-0.2, 0) is 14.9 Å². The number of hydrogen-bond donors (Lipinski definition) is 2. The lowest BCUT2D eigenvalue weighted by Crippen LogP contribution is -2.47. The van der Waals surface area contributed by atoms with Gasteiger partial charge in [0.1, 0.15) is 0 Å². The van der Waals surface area contributed by atoms with Gasteiger partial charge < -0.3 is 15.8 Å². The molecular formula is C18H25ClN2O2. The highest BCUT2D eigenvalue weighted by molar-refractivity contribution is 6.31. The normalized spacial score (nSPS) is 26.9. The number of amides is 1. The van der Waals surface area contributed by atoms with Gasteiger partial charge >= 0.3 is 0 Å². The maximum Gasteiger partial charge on any atom is 0.224 e. The van der Waals surface area contributed by atoms with Crippen molar-refractivity contribution < 1.29 is 9.53 Å². The van der Waals surface area contributed by atoms with Gasteiger partial charge in [0.25, 0.3) is 0 Å². The summed E-state index contributed by atoms with van der Waals surface area (Å²) in [5.41, 5.74) is 7.02. The maximum absolute atomic E-state index is 12.5. The van der Waals surface area contributed by atoms with Crippen molar-refractivity contribution in [2.75, 3.05) is 19.8 Å². The van der Waals surface area contributed by atoms with Crippen molar-refractivity contribution in [2.24, 2.45) is 11.7 Å². The van der Waals surface area contributed by atoms with E-state index in [2.05, 4.69) is 11.4 Å². The number of benzene rings is 1. The van der Waals surface area contributed by atoms with Gasteiger partial charge in [0, 0.05) is 36.2 Å². The molecule has 2 aliphatic rings. The molecule has 1 aromatic rings. The predicted molar refractivity (Wildman–Crippen MR) is 91.5 cm³/mol. The zero-order valence-corrected chi connectivity index (χ0v) is 14.1. The predicted octanol–water partition coefficient (Wildman–Crippen LogP) is 2.63. The van der Waals surface area contributed by atoms with Gasteiger partial charge in [-0.05, 0) is 37.3 Å². The van der Waals surface area contributed by atoms with E-state index in [0.29, 0.717) is 19.8 Å². The molecule has 1 aliphatic carbocycles. The third kappa shape index (κ3) is 3.54. The van der Waals surface area contributed by atoms with Crippen molar-refractivity contribution in [2.45, 2.75) is 43.6 Å². The van der Waals surface area contributed by atoms with E-state index in [0.717, 1.165) is 42.7 Å². The van der Waals surface area contributed by atoms with Crippen LogP contribution < -0.4 is 11.1 Å². The molecule has 1 amide bonds. The van der Waals surface area contributed by atoms with Gasteiger partial charge in [-0.3, -0.25) is 4.79 Å². The quantitative estimate of drug-likeness (QED) is 0.888. The van der Waals surface area contributed by atoms with Crippen LogP contribution >= 0.6 is 11.6 Å². The lowest BCUT2D eigenvalue weighted by atomic mass is 9.74. The number of rotatable bonds is 4. The summed E-state index contributed by atoms with van der Waals surface area (Å²) in [5, 5.41) is 3.92. The van der Waals surface area contributed by atoms with Crippen molar-refractivity contribution in [3.8, 4) is 0 Å². The summed E-state index contributed by atoms with van der Waals surface area (Å²) in [4.78, 5) is 12.5. The van der Waals surface area contributed by atoms with E-state index in [1.165, 1.54) is 0 Å². The molecule has 3 rings (SSSR count). The molecule has 126 valence electrons. The van der Waals surface area contributed by atoms with E-state index in [1.54, 1.807) is 0 Å². The van der Waals surface area contributed by atoms with E-state index in [9.17, 15) is 4.79 Å². The van der Waals surface area contributed by atoms with Crippen LogP contribution in [0.1, 0.15) is 37.7 Å². The van der Waals surface area contributed by atoms with Crippen LogP contribution in [0.3, 0.4) is 0 Å². The first-order valence-corrected chi connectivity index (χ1v) is 8.86. The third-order valence-electron chi connectivity index (χ3n) is 5.40.